The first-order valence-electron chi connectivity index (χ1n) is 7.18. The molecule has 2 saturated carbocycles. The number of nitrogens with zero attached hydrogens (tertiary/aromatic N) is 1. The molecular formula is C14H24N2O. The van der Waals surface area contributed by atoms with Gasteiger partial charge in [0, 0.05) is 6.04 Å². The fourth-order valence-electron chi connectivity index (χ4n) is 2.89. The number of hydrogen-bond acceptors (Lipinski definition) is 2. The molecule has 1 N–H and O–H groups in total. The highest BCUT2D eigenvalue weighted by Crippen LogP contribution is 2.20. The number of aliphatic imine (C=N–C) groups is 1. The first-order valence-corrected chi connectivity index (χ1v) is 7.18. The summed E-state index contributed by atoms with van der Waals surface area (Å²) in [5, 5.41) is 3.07. The number of rotatable bonds is 3. The van der Waals surface area contributed by atoms with Gasteiger partial charge in [-0.15, -0.1) is 0 Å². The van der Waals surface area contributed by atoms with Gasteiger partial charge >= 0.3 is 0 Å². The van der Waals surface area contributed by atoms with Crippen molar-refractivity contribution in [3.8, 4) is 0 Å². The van der Waals surface area contributed by atoms with Crippen LogP contribution in [0.25, 0.3) is 0 Å². The van der Waals surface area contributed by atoms with Crippen LogP contribution in [0.2, 0.25) is 0 Å². The summed E-state index contributed by atoms with van der Waals surface area (Å²) in [6.07, 6.45) is 13.8. The van der Waals surface area contributed by atoms with Crippen molar-refractivity contribution in [1.82, 2.24) is 5.32 Å². The van der Waals surface area contributed by atoms with Crippen molar-refractivity contribution < 1.29 is 4.79 Å². The monoisotopic (exact) mass is 236 g/mol. The minimum atomic E-state index is 0.0162. The van der Waals surface area contributed by atoms with Crippen LogP contribution in [0.15, 0.2) is 4.99 Å². The Kier molecular flexibility index (Phi) is 5.02. The molecule has 0 unspecified atom stereocenters. The van der Waals surface area contributed by atoms with E-state index < -0.39 is 0 Å². The van der Waals surface area contributed by atoms with Gasteiger partial charge in [0.1, 0.15) is 0 Å². The van der Waals surface area contributed by atoms with Crippen molar-refractivity contribution in [1.29, 1.82) is 0 Å². The van der Waals surface area contributed by atoms with Gasteiger partial charge in [0.25, 0.3) is 5.91 Å². The lowest BCUT2D eigenvalue weighted by Crippen LogP contribution is -2.37. The number of nitrogens with one attached hydrogen (secondary N) is 1. The maximum Gasteiger partial charge on any atom is 0.262 e. The molecule has 1 amide bonds. The molecule has 2 fully saturated rings. The summed E-state index contributed by atoms with van der Waals surface area (Å²) < 4.78 is 0. The van der Waals surface area contributed by atoms with E-state index in [9.17, 15) is 4.79 Å². The van der Waals surface area contributed by atoms with E-state index in [0.717, 1.165) is 25.7 Å². The molecule has 3 nitrogen and oxygen atoms in total. The van der Waals surface area contributed by atoms with Gasteiger partial charge in [0.15, 0.2) is 0 Å². The summed E-state index contributed by atoms with van der Waals surface area (Å²) in [6, 6.07) is 0.801. The van der Waals surface area contributed by atoms with Crippen molar-refractivity contribution in [2.45, 2.75) is 76.3 Å². The molecule has 0 aromatic carbocycles. The molecule has 2 aliphatic rings. The zero-order valence-electron chi connectivity index (χ0n) is 10.7. The zero-order valence-corrected chi connectivity index (χ0v) is 10.7. The fraction of sp³-hybridized carbons (Fsp3) is 0.857. The first kappa shape index (κ1) is 12.6. The third kappa shape index (κ3) is 4.49. The molecule has 0 heterocycles. The molecule has 0 bridgehead atoms. The van der Waals surface area contributed by atoms with Crippen LogP contribution in [0.4, 0.5) is 0 Å². The summed E-state index contributed by atoms with van der Waals surface area (Å²) in [7, 11) is 0. The van der Waals surface area contributed by atoms with E-state index in [-0.39, 0.29) is 5.91 Å². The van der Waals surface area contributed by atoms with E-state index in [4.69, 9.17) is 0 Å². The average Bonchev–Trinajstić information content (AvgIpc) is 2.39. The predicted molar refractivity (Wildman–Crippen MR) is 70.4 cm³/mol. The minimum absolute atomic E-state index is 0.0162. The molecule has 0 aromatic rings. The highest BCUT2D eigenvalue weighted by atomic mass is 16.1. The SMILES string of the molecule is O=C(C=NC1CCCCC1)NC1CCCCC1. The Labute approximate surface area is 104 Å². The molecule has 2 aliphatic carbocycles. The third-order valence-electron chi connectivity index (χ3n) is 3.93. The van der Waals surface area contributed by atoms with Gasteiger partial charge in [0.2, 0.25) is 0 Å². The Bertz CT molecular complexity index is 263. The second kappa shape index (κ2) is 6.77. The summed E-state index contributed by atoms with van der Waals surface area (Å²) >= 11 is 0. The van der Waals surface area contributed by atoms with Gasteiger partial charge in [-0.2, -0.15) is 0 Å². The van der Waals surface area contributed by atoms with Crippen molar-refractivity contribution in [2.24, 2.45) is 4.99 Å². The average molecular weight is 236 g/mol. The highest BCUT2D eigenvalue weighted by Gasteiger charge is 2.15. The largest absolute Gasteiger partial charge is 0.349 e. The van der Waals surface area contributed by atoms with Crippen LogP contribution < -0.4 is 5.32 Å². The van der Waals surface area contributed by atoms with Crippen LogP contribution in [0, 0.1) is 0 Å². The van der Waals surface area contributed by atoms with Gasteiger partial charge in [-0.05, 0) is 25.7 Å². The van der Waals surface area contributed by atoms with Crippen molar-refractivity contribution >= 4 is 12.1 Å². The van der Waals surface area contributed by atoms with Crippen LogP contribution in [0.1, 0.15) is 64.2 Å². The second-order valence-electron chi connectivity index (χ2n) is 5.41. The topological polar surface area (TPSA) is 41.5 Å². The van der Waals surface area contributed by atoms with Crippen molar-refractivity contribution in [3.05, 3.63) is 0 Å². The number of carbonyl (C=O) groups is 1. The Morgan fingerprint density at radius 3 is 2.18 bits per heavy atom. The zero-order chi connectivity index (χ0) is 11.9. The van der Waals surface area contributed by atoms with Crippen LogP contribution in [0.3, 0.4) is 0 Å². The normalized spacial score (nSPS) is 24.0. The molecule has 0 aliphatic heterocycles. The molecule has 0 atom stereocenters. The Balaban J connectivity index is 1.69. The lowest BCUT2D eigenvalue weighted by molar-refractivity contribution is -0.115. The standard InChI is InChI=1S/C14H24N2O/c17-14(16-13-9-5-2-6-10-13)11-15-12-7-3-1-4-8-12/h11-13H,1-10H2,(H,16,17). The smallest absolute Gasteiger partial charge is 0.262 e. The fourth-order valence-corrected chi connectivity index (χ4v) is 2.89. The van der Waals surface area contributed by atoms with Crippen molar-refractivity contribution in [2.75, 3.05) is 0 Å². The van der Waals surface area contributed by atoms with Crippen LogP contribution in [-0.4, -0.2) is 24.2 Å². The molecule has 0 saturated heterocycles. The van der Waals surface area contributed by atoms with Gasteiger partial charge in [-0.1, -0.05) is 38.5 Å². The lowest BCUT2D eigenvalue weighted by Gasteiger charge is -2.22. The number of hydrogen-bond donors (Lipinski definition) is 1. The third-order valence-corrected chi connectivity index (χ3v) is 3.93. The van der Waals surface area contributed by atoms with E-state index in [1.54, 1.807) is 0 Å². The summed E-state index contributed by atoms with van der Waals surface area (Å²) in [5.41, 5.74) is 0. The summed E-state index contributed by atoms with van der Waals surface area (Å²) in [4.78, 5) is 16.1. The van der Waals surface area contributed by atoms with Gasteiger partial charge < -0.3 is 5.32 Å². The van der Waals surface area contributed by atoms with Crippen LogP contribution in [0.5, 0.6) is 0 Å². The Morgan fingerprint density at radius 1 is 0.941 bits per heavy atom. The van der Waals surface area contributed by atoms with E-state index in [0.29, 0.717) is 12.1 Å². The lowest BCUT2D eigenvalue weighted by atomic mass is 9.95. The minimum Gasteiger partial charge on any atom is -0.349 e. The molecule has 2 rings (SSSR count). The molecule has 0 radical (unpaired) electrons. The molecule has 96 valence electrons. The molecule has 0 aromatic heterocycles. The van der Waals surface area contributed by atoms with Gasteiger partial charge in [-0.3, -0.25) is 9.79 Å². The molecule has 3 heteroatoms. The maximum absolute atomic E-state index is 11.7. The maximum atomic E-state index is 11.7. The highest BCUT2D eigenvalue weighted by molar-refractivity contribution is 6.26. The van der Waals surface area contributed by atoms with Crippen LogP contribution >= 0.6 is 0 Å². The van der Waals surface area contributed by atoms with E-state index in [1.807, 2.05) is 0 Å². The summed E-state index contributed by atoms with van der Waals surface area (Å²) in [5.74, 6) is 0.0162. The van der Waals surface area contributed by atoms with E-state index in [1.165, 1.54) is 44.7 Å². The first-order chi connectivity index (χ1) is 8.34. The van der Waals surface area contributed by atoms with Gasteiger partial charge in [-0.25, -0.2) is 0 Å². The Morgan fingerprint density at radius 2 is 1.53 bits per heavy atom. The van der Waals surface area contributed by atoms with Gasteiger partial charge in [0.05, 0.1) is 12.3 Å². The number of amides is 1. The van der Waals surface area contributed by atoms with E-state index in [2.05, 4.69) is 10.3 Å². The second-order valence-corrected chi connectivity index (χ2v) is 5.41. The predicted octanol–water partition coefficient (Wildman–Crippen LogP) is 2.84. The Hall–Kier alpha value is -0.860. The van der Waals surface area contributed by atoms with E-state index >= 15 is 0 Å². The number of carbonyl (C=O) groups excluding carboxylic acids is 1. The molecule has 0 spiro atoms. The van der Waals surface area contributed by atoms with Crippen molar-refractivity contribution in [3.63, 3.8) is 0 Å². The summed E-state index contributed by atoms with van der Waals surface area (Å²) in [6.45, 7) is 0. The molecule has 17 heavy (non-hydrogen) atoms. The quantitative estimate of drug-likeness (QED) is 0.752. The van der Waals surface area contributed by atoms with Crippen LogP contribution in [-0.2, 0) is 4.79 Å². The molecular weight excluding hydrogens is 212 g/mol.